The van der Waals surface area contributed by atoms with Crippen molar-refractivity contribution in [2.24, 2.45) is 5.92 Å². The summed E-state index contributed by atoms with van der Waals surface area (Å²) >= 11 is 0. The molecule has 1 heterocycles. The number of likely N-dealkylation sites (tertiary alicyclic amines) is 1. The van der Waals surface area contributed by atoms with Gasteiger partial charge < -0.3 is 14.9 Å². The summed E-state index contributed by atoms with van der Waals surface area (Å²) in [4.78, 5) is 38.6. The zero-order chi connectivity index (χ0) is 17.7. The summed E-state index contributed by atoms with van der Waals surface area (Å²) in [6.45, 7) is 4.54. The number of hydrogen-bond donors (Lipinski definition) is 1. The minimum Gasteiger partial charge on any atom is -0.481 e. The maximum absolute atomic E-state index is 12.4. The first-order valence-corrected chi connectivity index (χ1v) is 8.22. The van der Waals surface area contributed by atoms with E-state index in [0.29, 0.717) is 26.1 Å². The van der Waals surface area contributed by atoms with Gasteiger partial charge in [-0.1, -0.05) is 30.3 Å². The fourth-order valence-electron chi connectivity index (χ4n) is 3.15. The highest BCUT2D eigenvalue weighted by Gasteiger charge is 2.37. The summed E-state index contributed by atoms with van der Waals surface area (Å²) in [5.74, 6) is -1.52. The van der Waals surface area contributed by atoms with Crippen molar-refractivity contribution in [2.75, 3.05) is 13.1 Å². The van der Waals surface area contributed by atoms with Crippen LogP contribution in [0.25, 0.3) is 0 Å². The van der Waals surface area contributed by atoms with Crippen molar-refractivity contribution in [1.29, 1.82) is 0 Å². The van der Waals surface area contributed by atoms with Crippen LogP contribution in [-0.4, -0.2) is 51.8 Å². The molecule has 2 rings (SSSR count). The quantitative estimate of drug-likeness (QED) is 0.861. The minimum absolute atomic E-state index is 0.0791. The van der Waals surface area contributed by atoms with Crippen molar-refractivity contribution in [3.63, 3.8) is 0 Å². The molecule has 1 aliphatic rings. The van der Waals surface area contributed by atoms with Crippen molar-refractivity contribution < 1.29 is 19.5 Å². The van der Waals surface area contributed by atoms with E-state index >= 15 is 0 Å². The molecule has 0 aliphatic carbocycles. The number of benzene rings is 1. The first-order chi connectivity index (χ1) is 11.4. The number of rotatable bonds is 6. The highest BCUT2D eigenvalue weighted by atomic mass is 16.4. The number of amides is 2. The Morgan fingerprint density at radius 2 is 1.92 bits per heavy atom. The maximum Gasteiger partial charge on any atom is 0.308 e. The third-order valence-corrected chi connectivity index (χ3v) is 4.65. The summed E-state index contributed by atoms with van der Waals surface area (Å²) in [5, 5.41) is 9.15. The number of carbonyl (C=O) groups is 3. The summed E-state index contributed by atoms with van der Waals surface area (Å²) in [6.07, 6.45) is 0.700. The van der Waals surface area contributed by atoms with Gasteiger partial charge in [0.1, 0.15) is 0 Å². The Balaban J connectivity index is 1.91. The normalized spacial score (nSPS) is 20.0. The molecule has 6 nitrogen and oxygen atoms in total. The molecular formula is C18H24N2O4. The van der Waals surface area contributed by atoms with Crippen molar-refractivity contribution >= 4 is 17.8 Å². The Kier molecular flexibility index (Phi) is 5.95. The van der Waals surface area contributed by atoms with E-state index < -0.39 is 11.9 Å². The second-order valence-electron chi connectivity index (χ2n) is 6.24. The molecule has 2 unspecified atom stereocenters. The molecule has 0 bridgehead atoms. The fraction of sp³-hybridized carbons (Fsp3) is 0.500. The predicted molar refractivity (Wildman–Crippen MR) is 89.1 cm³/mol. The Morgan fingerprint density at radius 3 is 2.46 bits per heavy atom. The van der Waals surface area contributed by atoms with E-state index in [1.165, 1.54) is 6.92 Å². The van der Waals surface area contributed by atoms with Gasteiger partial charge in [-0.05, 0) is 18.9 Å². The van der Waals surface area contributed by atoms with Crippen molar-refractivity contribution in [2.45, 2.75) is 39.3 Å². The molecule has 1 aromatic carbocycles. The van der Waals surface area contributed by atoms with E-state index in [0.717, 1.165) is 5.56 Å². The van der Waals surface area contributed by atoms with Crippen LogP contribution in [0.3, 0.4) is 0 Å². The van der Waals surface area contributed by atoms with Crippen LogP contribution in [0.15, 0.2) is 30.3 Å². The Morgan fingerprint density at radius 1 is 1.25 bits per heavy atom. The average Bonchev–Trinajstić information content (AvgIpc) is 2.93. The minimum atomic E-state index is -0.854. The van der Waals surface area contributed by atoms with Crippen LogP contribution in [0, 0.1) is 5.92 Å². The van der Waals surface area contributed by atoms with Gasteiger partial charge in [-0.2, -0.15) is 0 Å². The lowest BCUT2D eigenvalue weighted by atomic mass is 10.0. The molecule has 2 atom stereocenters. The van der Waals surface area contributed by atoms with Crippen molar-refractivity contribution in [3.05, 3.63) is 35.9 Å². The van der Waals surface area contributed by atoms with Gasteiger partial charge in [0.15, 0.2) is 0 Å². The van der Waals surface area contributed by atoms with Crippen LogP contribution in [0.5, 0.6) is 0 Å². The number of hydrogen-bond acceptors (Lipinski definition) is 3. The number of nitrogens with zero attached hydrogens (tertiary/aromatic N) is 2. The van der Waals surface area contributed by atoms with Gasteiger partial charge in [0.05, 0.1) is 5.92 Å². The highest BCUT2D eigenvalue weighted by molar-refractivity contribution is 5.80. The third kappa shape index (κ3) is 4.34. The fourth-order valence-corrected chi connectivity index (χ4v) is 3.15. The summed E-state index contributed by atoms with van der Waals surface area (Å²) < 4.78 is 0. The first-order valence-electron chi connectivity index (χ1n) is 8.22. The molecule has 1 fully saturated rings. The van der Waals surface area contributed by atoms with Gasteiger partial charge in [0.25, 0.3) is 0 Å². The molecule has 1 aliphatic heterocycles. The lowest BCUT2D eigenvalue weighted by molar-refractivity contribution is -0.143. The van der Waals surface area contributed by atoms with Crippen LogP contribution in [-0.2, 0) is 20.9 Å². The molecule has 0 spiro atoms. The molecule has 0 aromatic heterocycles. The van der Waals surface area contributed by atoms with Gasteiger partial charge >= 0.3 is 5.97 Å². The molecule has 130 valence electrons. The maximum atomic E-state index is 12.4. The molecule has 1 saturated heterocycles. The van der Waals surface area contributed by atoms with Gasteiger partial charge in [-0.15, -0.1) is 0 Å². The summed E-state index contributed by atoms with van der Waals surface area (Å²) in [5.41, 5.74) is 1.01. The lowest BCUT2D eigenvalue weighted by Gasteiger charge is -2.26. The second-order valence-corrected chi connectivity index (χ2v) is 6.24. The van der Waals surface area contributed by atoms with E-state index in [-0.39, 0.29) is 24.3 Å². The first kappa shape index (κ1) is 18.0. The van der Waals surface area contributed by atoms with Crippen LogP contribution in [0.4, 0.5) is 0 Å². The lowest BCUT2D eigenvalue weighted by Crippen LogP contribution is -2.40. The van der Waals surface area contributed by atoms with Crippen LogP contribution >= 0.6 is 0 Å². The van der Waals surface area contributed by atoms with E-state index in [1.54, 1.807) is 16.7 Å². The molecule has 6 heteroatoms. The van der Waals surface area contributed by atoms with E-state index in [2.05, 4.69) is 0 Å². The predicted octanol–water partition coefficient (Wildman–Crippen LogP) is 1.75. The monoisotopic (exact) mass is 332 g/mol. The van der Waals surface area contributed by atoms with Crippen LogP contribution < -0.4 is 0 Å². The molecular weight excluding hydrogens is 308 g/mol. The average molecular weight is 332 g/mol. The van der Waals surface area contributed by atoms with Crippen molar-refractivity contribution in [1.82, 2.24) is 9.80 Å². The second kappa shape index (κ2) is 7.95. The Labute approximate surface area is 142 Å². The molecule has 0 radical (unpaired) electrons. The van der Waals surface area contributed by atoms with Crippen LogP contribution in [0.2, 0.25) is 0 Å². The topological polar surface area (TPSA) is 77.9 Å². The summed E-state index contributed by atoms with van der Waals surface area (Å²) in [6, 6.07) is 9.33. The number of carboxylic acid groups (broad SMARTS) is 1. The van der Waals surface area contributed by atoms with Crippen LogP contribution in [0.1, 0.15) is 32.3 Å². The van der Waals surface area contributed by atoms with E-state index in [4.69, 9.17) is 5.11 Å². The summed E-state index contributed by atoms with van der Waals surface area (Å²) in [7, 11) is 0. The third-order valence-electron chi connectivity index (χ3n) is 4.65. The van der Waals surface area contributed by atoms with E-state index in [1.807, 2.05) is 30.3 Å². The number of carbonyl (C=O) groups excluding carboxylic acids is 2. The number of carboxylic acids is 1. The standard InChI is InChI=1S/C18H24N2O4/c1-13-16(18(23)24)8-11-20(13)17(22)9-10-19(14(2)21)12-15-6-4-3-5-7-15/h3-7,13,16H,8-12H2,1-2H3,(H,23,24). The van der Waals surface area contributed by atoms with Gasteiger partial charge in [0.2, 0.25) is 11.8 Å². The van der Waals surface area contributed by atoms with Gasteiger partial charge in [0, 0.05) is 39.0 Å². The molecule has 2 amide bonds. The molecule has 0 saturated carbocycles. The number of aliphatic carboxylic acids is 1. The van der Waals surface area contributed by atoms with Gasteiger partial charge in [-0.3, -0.25) is 14.4 Å². The van der Waals surface area contributed by atoms with Gasteiger partial charge in [-0.25, -0.2) is 0 Å². The van der Waals surface area contributed by atoms with Crippen molar-refractivity contribution in [3.8, 4) is 0 Å². The molecule has 1 N–H and O–H groups in total. The Bertz CT molecular complexity index is 602. The smallest absolute Gasteiger partial charge is 0.308 e. The zero-order valence-corrected chi connectivity index (χ0v) is 14.1. The van der Waals surface area contributed by atoms with E-state index in [9.17, 15) is 14.4 Å². The molecule has 24 heavy (non-hydrogen) atoms. The molecule has 1 aromatic rings. The SMILES string of the molecule is CC(=O)N(CCC(=O)N1CCC(C(=O)O)C1C)Cc1ccccc1. The zero-order valence-electron chi connectivity index (χ0n) is 14.1. The highest BCUT2D eigenvalue weighted by Crippen LogP contribution is 2.25. The largest absolute Gasteiger partial charge is 0.481 e. The Hall–Kier alpha value is -2.37.